The van der Waals surface area contributed by atoms with Gasteiger partial charge in [0.2, 0.25) is 0 Å². The molecule has 0 radical (unpaired) electrons. The van der Waals surface area contributed by atoms with Crippen molar-refractivity contribution in [1.82, 2.24) is 0 Å². The highest BCUT2D eigenvalue weighted by atomic mass is 16.6. The summed E-state index contributed by atoms with van der Waals surface area (Å²) in [6.07, 6.45) is 2.94. The molecular weight excluding hydrogens is 378 g/mol. The first-order valence-electron chi connectivity index (χ1n) is 8.85. The van der Waals surface area contributed by atoms with Crippen molar-refractivity contribution in [1.29, 1.82) is 0 Å². The zero-order chi connectivity index (χ0) is 20.9. The number of non-ortho nitro benzene ring substituents is 1. The van der Waals surface area contributed by atoms with Gasteiger partial charge in [0.1, 0.15) is 5.69 Å². The molecule has 2 aromatic carbocycles. The summed E-state index contributed by atoms with van der Waals surface area (Å²) in [5.74, 6) is 0. The summed E-state index contributed by atoms with van der Waals surface area (Å²) in [6, 6.07) is 12.4. The molecule has 0 aliphatic heterocycles. The van der Waals surface area contributed by atoms with Crippen molar-refractivity contribution in [3.05, 3.63) is 84.8 Å². The Balaban J connectivity index is 2.07. The van der Waals surface area contributed by atoms with E-state index in [1.165, 1.54) is 6.07 Å². The molecule has 29 heavy (non-hydrogen) atoms. The van der Waals surface area contributed by atoms with Gasteiger partial charge in [0.05, 0.1) is 27.2 Å². The molecule has 1 aliphatic rings. The Morgan fingerprint density at radius 2 is 1.76 bits per heavy atom. The van der Waals surface area contributed by atoms with Crippen LogP contribution < -0.4 is 5.43 Å². The summed E-state index contributed by atoms with van der Waals surface area (Å²) in [5, 5.41) is 30.7. The molecule has 148 valence electrons. The van der Waals surface area contributed by atoms with Crippen molar-refractivity contribution in [2.75, 3.05) is 5.43 Å². The van der Waals surface area contributed by atoms with Gasteiger partial charge in [-0.25, -0.2) is 0 Å². The van der Waals surface area contributed by atoms with Gasteiger partial charge < -0.3 is 0 Å². The lowest BCUT2D eigenvalue weighted by Gasteiger charge is -2.25. The van der Waals surface area contributed by atoms with Crippen LogP contribution in [0.5, 0.6) is 0 Å². The van der Waals surface area contributed by atoms with Crippen LogP contribution in [0.25, 0.3) is 10.4 Å². The maximum Gasteiger partial charge on any atom is 0.301 e. The average molecular weight is 395 g/mol. The number of hydrazone groups is 1. The fourth-order valence-electron chi connectivity index (χ4n) is 3.46. The standard InChI is InChI=1S/C18H17N7O4/c19-23-22-18(10-4-5-11-18)17(13-6-2-1-3-7-13)21-20-15-9-8-14(24(26)27)12-16(15)25(28)29/h1-3,6-9,12,20H,4-5,10-11H2/b21-17+. The first-order chi connectivity index (χ1) is 14.0. The minimum absolute atomic E-state index is 0.00288. The largest absolute Gasteiger partial charge is 0.301 e. The van der Waals surface area contributed by atoms with Gasteiger partial charge in [-0.2, -0.15) is 5.10 Å². The number of rotatable bonds is 7. The van der Waals surface area contributed by atoms with Crippen LogP contribution in [0.4, 0.5) is 17.1 Å². The maximum atomic E-state index is 11.4. The first-order valence-corrected chi connectivity index (χ1v) is 8.85. The lowest BCUT2D eigenvalue weighted by atomic mass is 9.87. The molecule has 0 saturated heterocycles. The number of nitrogens with zero attached hydrogens (tertiary/aromatic N) is 6. The summed E-state index contributed by atoms with van der Waals surface area (Å²) in [5.41, 5.74) is 11.2. The van der Waals surface area contributed by atoms with Gasteiger partial charge in [-0.3, -0.25) is 25.7 Å². The lowest BCUT2D eigenvalue weighted by Crippen LogP contribution is -2.34. The van der Waals surface area contributed by atoms with E-state index in [-0.39, 0.29) is 5.69 Å². The SMILES string of the molecule is [N-]=[N+]=NC1(/C(=N/Nc2ccc([N+](=O)[O-])cc2[N+](=O)[O-])c2ccccc2)CCCC1. The second-order valence-corrected chi connectivity index (χ2v) is 6.58. The minimum atomic E-state index is -0.862. The van der Waals surface area contributed by atoms with Crippen LogP contribution in [0.15, 0.2) is 58.7 Å². The number of benzene rings is 2. The highest BCUT2D eigenvalue weighted by Crippen LogP contribution is 2.37. The van der Waals surface area contributed by atoms with E-state index in [4.69, 9.17) is 5.53 Å². The monoisotopic (exact) mass is 395 g/mol. The molecule has 0 heterocycles. The van der Waals surface area contributed by atoms with Gasteiger partial charge in [0, 0.05) is 11.0 Å². The number of nitro groups is 2. The molecule has 1 aliphatic carbocycles. The van der Waals surface area contributed by atoms with Gasteiger partial charge >= 0.3 is 5.69 Å². The van der Waals surface area contributed by atoms with Gasteiger partial charge in [-0.05, 0) is 30.0 Å². The van der Waals surface area contributed by atoms with Crippen LogP contribution in [0.3, 0.4) is 0 Å². The van der Waals surface area contributed by atoms with Crippen molar-refractivity contribution in [2.24, 2.45) is 10.2 Å². The molecule has 0 amide bonds. The Labute approximate surface area is 165 Å². The Morgan fingerprint density at radius 1 is 1.07 bits per heavy atom. The maximum absolute atomic E-state index is 11.4. The van der Waals surface area contributed by atoms with Gasteiger partial charge in [-0.15, -0.1) is 0 Å². The topological polar surface area (TPSA) is 159 Å². The molecule has 0 bridgehead atoms. The normalized spacial score (nSPS) is 15.4. The predicted molar refractivity (Wildman–Crippen MR) is 107 cm³/mol. The van der Waals surface area contributed by atoms with E-state index in [9.17, 15) is 20.2 Å². The number of nitro benzene ring substituents is 2. The quantitative estimate of drug-likeness (QED) is 0.175. The fraction of sp³-hybridized carbons (Fsp3) is 0.278. The highest BCUT2D eigenvalue weighted by molar-refractivity contribution is 6.08. The van der Waals surface area contributed by atoms with E-state index >= 15 is 0 Å². The summed E-state index contributed by atoms with van der Waals surface area (Å²) >= 11 is 0. The Hall–Kier alpha value is -3.98. The van der Waals surface area contributed by atoms with E-state index in [1.807, 2.05) is 30.3 Å². The van der Waals surface area contributed by atoms with Crippen LogP contribution in [-0.2, 0) is 0 Å². The second-order valence-electron chi connectivity index (χ2n) is 6.58. The third kappa shape index (κ3) is 4.14. The van der Waals surface area contributed by atoms with Crippen molar-refractivity contribution in [2.45, 2.75) is 31.2 Å². The smallest absolute Gasteiger partial charge is 0.271 e. The Morgan fingerprint density at radius 3 is 2.34 bits per heavy atom. The second kappa shape index (κ2) is 8.36. The van der Waals surface area contributed by atoms with Crippen molar-refractivity contribution < 1.29 is 9.85 Å². The van der Waals surface area contributed by atoms with Gasteiger partial charge in [0.25, 0.3) is 5.69 Å². The summed E-state index contributed by atoms with van der Waals surface area (Å²) in [7, 11) is 0. The van der Waals surface area contributed by atoms with Crippen molar-refractivity contribution in [3.8, 4) is 0 Å². The van der Waals surface area contributed by atoms with E-state index in [0.717, 1.165) is 30.5 Å². The Bertz CT molecular complexity index is 1010. The molecule has 3 rings (SSSR count). The van der Waals surface area contributed by atoms with Crippen LogP contribution >= 0.6 is 0 Å². The first kappa shape index (κ1) is 19.8. The lowest BCUT2D eigenvalue weighted by molar-refractivity contribution is -0.393. The third-order valence-corrected chi connectivity index (χ3v) is 4.83. The molecule has 1 N–H and O–H groups in total. The molecule has 1 saturated carbocycles. The number of nitrogens with one attached hydrogen (secondary N) is 1. The molecule has 0 aromatic heterocycles. The van der Waals surface area contributed by atoms with Crippen molar-refractivity contribution >= 4 is 22.8 Å². The average Bonchev–Trinajstić information content (AvgIpc) is 3.18. The van der Waals surface area contributed by atoms with E-state index in [1.54, 1.807) is 0 Å². The molecule has 1 fully saturated rings. The molecule has 11 nitrogen and oxygen atoms in total. The molecule has 0 atom stereocenters. The van der Waals surface area contributed by atoms with Gasteiger partial charge in [-0.1, -0.05) is 48.3 Å². The summed E-state index contributed by atoms with van der Waals surface area (Å²) in [6.45, 7) is 0. The van der Waals surface area contributed by atoms with E-state index in [0.29, 0.717) is 18.6 Å². The fourth-order valence-corrected chi connectivity index (χ4v) is 3.46. The minimum Gasteiger partial charge on any atom is -0.271 e. The molecular formula is C18H17N7O4. The van der Waals surface area contributed by atoms with Crippen LogP contribution in [0.2, 0.25) is 0 Å². The third-order valence-electron chi connectivity index (χ3n) is 4.83. The number of anilines is 1. The number of azide groups is 1. The number of hydrogen-bond acceptors (Lipinski definition) is 7. The zero-order valence-electron chi connectivity index (χ0n) is 15.3. The van der Waals surface area contributed by atoms with Crippen LogP contribution in [0, 0.1) is 20.2 Å². The summed E-state index contributed by atoms with van der Waals surface area (Å²) in [4.78, 5) is 23.9. The molecule has 0 unspecified atom stereocenters. The molecule has 0 spiro atoms. The van der Waals surface area contributed by atoms with Crippen LogP contribution in [-0.4, -0.2) is 21.1 Å². The van der Waals surface area contributed by atoms with E-state index < -0.39 is 26.8 Å². The Kier molecular flexibility index (Phi) is 5.70. The van der Waals surface area contributed by atoms with E-state index in [2.05, 4.69) is 20.6 Å². The zero-order valence-corrected chi connectivity index (χ0v) is 15.3. The van der Waals surface area contributed by atoms with Crippen LogP contribution in [0.1, 0.15) is 31.2 Å². The van der Waals surface area contributed by atoms with Crippen molar-refractivity contribution in [3.63, 3.8) is 0 Å². The summed E-state index contributed by atoms with van der Waals surface area (Å²) < 4.78 is 0. The highest BCUT2D eigenvalue weighted by Gasteiger charge is 2.39. The number of hydrogen-bond donors (Lipinski definition) is 1. The predicted octanol–water partition coefficient (Wildman–Crippen LogP) is 4.94. The van der Waals surface area contributed by atoms with Gasteiger partial charge in [0.15, 0.2) is 0 Å². The molecule has 11 heteroatoms. The molecule has 2 aromatic rings.